The molecule has 39 heavy (non-hydrogen) atoms. The van der Waals surface area contributed by atoms with Gasteiger partial charge in [-0.1, -0.05) is 41.4 Å². The van der Waals surface area contributed by atoms with Gasteiger partial charge in [0.25, 0.3) is 11.1 Å². The van der Waals surface area contributed by atoms with E-state index < -0.39 is 23.6 Å². The predicted molar refractivity (Wildman–Crippen MR) is 156 cm³/mol. The van der Waals surface area contributed by atoms with Gasteiger partial charge >= 0.3 is 0 Å². The third-order valence-corrected chi connectivity index (χ3v) is 7.33. The molecule has 1 aliphatic heterocycles. The summed E-state index contributed by atoms with van der Waals surface area (Å²) in [5, 5.41) is 3.12. The van der Waals surface area contributed by atoms with Crippen molar-refractivity contribution in [2.45, 2.75) is 27.4 Å². The molecule has 1 aliphatic rings. The molecular formula is C29H26Cl2N2O5S. The van der Waals surface area contributed by atoms with Gasteiger partial charge < -0.3 is 14.8 Å². The van der Waals surface area contributed by atoms with E-state index in [1.165, 1.54) is 0 Å². The largest absolute Gasteiger partial charge is 0.490 e. The van der Waals surface area contributed by atoms with Crippen LogP contribution in [0.4, 0.5) is 10.5 Å². The minimum atomic E-state index is -0.558. The Balaban J connectivity index is 1.48. The summed E-state index contributed by atoms with van der Waals surface area (Å²) in [5.41, 5.74) is 4.16. The standard InChI is InChI=1S/C29H26Cl2N2O5S/c1-4-37-24-13-20(12-23(31)27(24)38-16-19-6-8-21(30)9-7-19)14-25-28(35)33(29(36)39-25)15-26(34)32-22-10-5-17(2)18(3)11-22/h5-14H,4,15-16H2,1-3H3,(H,32,34)/b25-14+. The number of carbonyl (C=O) groups excluding carboxylic acids is 3. The zero-order valence-corrected chi connectivity index (χ0v) is 23.9. The topological polar surface area (TPSA) is 84.9 Å². The third-order valence-electron chi connectivity index (χ3n) is 5.89. The van der Waals surface area contributed by atoms with Crippen molar-refractivity contribution < 1.29 is 23.9 Å². The molecular weight excluding hydrogens is 559 g/mol. The summed E-state index contributed by atoms with van der Waals surface area (Å²) in [7, 11) is 0. The number of nitrogens with one attached hydrogen (secondary N) is 1. The van der Waals surface area contributed by atoms with Gasteiger partial charge in [-0.15, -0.1) is 0 Å². The Morgan fingerprint density at radius 2 is 1.74 bits per heavy atom. The van der Waals surface area contributed by atoms with Gasteiger partial charge in [0.15, 0.2) is 11.5 Å². The van der Waals surface area contributed by atoms with Crippen molar-refractivity contribution in [3.63, 3.8) is 0 Å². The Hall–Kier alpha value is -3.46. The van der Waals surface area contributed by atoms with Gasteiger partial charge in [-0.3, -0.25) is 19.3 Å². The van der Waals surface area contributed by atoms with E-state index in [2.05, 4.69) is 5.32 Å². The number of aryl methyl sites for hydroxylation is 2. The molecule has 3 amide bonds. The van der Waals surface area contributed by atoms with Crippen LogP contribution >= 0.6 is 35.0 Å². The number of amides is 3. The first kappa shape index (κ1) is 28.5. The SMILES string of the molecule is CCOc1cc(/C=C2/SC(=O)N(CC(=O)Nc3ccc(C)c(C)c3)C2=O)cc(Cl)c1OCc1ccc(Cl)cc1. The van der Waals surface area contributed by atoms with E-state index in [9.17, 15) is 14.4 Å². The molecule has 10 heteroatoms. The van der Waals surface area contributed by atoms with Crippen molar-refractivity contribution in [2.24, 2.45) is 0 Å². The molecule has 7 nitrogen and oxygen atoms in total. The van der Waals surface area contributed by atoms with Crippen LogP contribution < -0.4 is 14.8 Å². The fraction of sp³-hybridized carbons (Fsp3) is 0.207. The second-order valence-electron chi connectivity index (χ2n) is 8.79. The highest BCUT2D eigenvalue weighted by atomic mass is 35.5. The molecule has 1 fully saturated rings. The van der Waals surface area contributed by atoms with Gasteiger partial charge in [0.05, 0.1) is 16.5 Å². The zero-order chi connectivity index (χ0) is 28.1. The summed E-state index contributed by atoms with van der Waals surface area (Å²) in [5.74, 6) is -0.262. The number of rotatable bonds is 9. The van der Waals surface area contributed by atoms with E-state index >= 15 is 0 Å². The van der Waals surface area contributed by atoms with E-state index in [4.69, 9.17) is 32.7 Å². The molecule has 0 bridgehead atoms. The molecule has 1 N–H and O–H groups in total. The number of benzene rings is 3. The number of carbonyl (C=O) groups is 3. The number of nitrogens with zero attached hydrogens (tertiary/aromatic N) is 1. The summed E-state index contributed by atoms with van der Waals surface area (Å²) in [6.07, 6.45) is 1.55. The average Bonchev–Trinajstić information content (AvgIpc) is 3.14. The second-order valence-corrected chi connectivity index (χ2v) is 10.6. The van der Waals surface area contributed by atoms with E-state index in [-0.39, 0.29) is 16.5 Å². The van der Waals surface area contributed by atoms with Crippen molar-refractivity contribution in [1.29, 1.82) is 0 Å². The van der Waals surface area contributed by atoms with Crippen molar-refractivity contribution in [2.75, 3.05) is 18.5 Å². The van der Waals surface area contributed by atoms with Crippen LogP contribution in [-0.2, 0) is 16.2 Å². The highest BCUT2D eigenvalue weighted by Gasteiger charge is 2.36. The highest BCUT2D eigenvalue weighted by molar-refractivity contribution is 8.18. The monoisotopic (exact) mass is 584 g/mol. The Morgan fingerprint density at radius 1 is 1.00 bits per heavy atom. The molecule has 0 spiro atoms. The molecule has 0 atom stereocenters. The Kier molecular flexibility index (Phi) is 9.22. The first-order valence-electron chi connectivity index (χ1n) is 12.1. The number of ether oxygens (including phenoxy) is 2. The summed E-state index contributed by atoms with van der Waals surface area (Å²) in [6, 6.07) is 16.1. The lowest BCUT2D eigenvalue weighted by Gasteiger charge is -2.15. The van der Waals surface area contributed by atoms with Crippen molar-refractivity contribution in [3.8, 4) is 11.5 Å². The number of thioether (sulfide) groups is 1. The first-order valence-corrected chi connectivity index (χ1v) is 13.7. The summed E-state index contributed by atoms with van der Waals surface area (Å²) < 4.78 is 11.7. The van der Waals surface area contributed by atoms with Crippen LogP contribution in [0.5, 0.6) is 11.5 Å². The molecule has 0 radical (unpaired) electrons. The van der Waals surface area contributed by atoms with E-state index in [0.29, 0.717) is 34.4 Å². The predicted octanol–water partition coefficient (Wildman–Crippen LogP) is 7.26. The van der Waals surface area contributed by atoms with Gasteiger partial charge in [0, 0.05) is 10.7 Å². The van der Waals surface area contributed by atoms with Crippen molar-refractivity contribution in [1.82, 2.24) is 4.90 Å². The maximum absolute atomic E-state index is 13.0. The first-order chi connectivity index (χ1) is 18.6. The Labute approximate surface area is 241 Å². The fourth-order valence-corrected chi connectivity index (χ4v) is 5.00. The maximum Gasteiger partial charge on any atom is 0.294 e. The van der Waals surface area contributed by atoms with Crippen molar-refractivity contribution in [3.05, 3.63) is 91.8 Å². The minimum absolute atomic E-state index is 0.173. The number of hydrogen-bond acceptors (Lipinski definition) is 6. The number of anilines is 1. The third kappa shape index (κ3) is 7.15. The molecule has 0 saturated carbocycles. The van der Waals surface area contributed by atoms with Crippen molar-refractivity contribution >= 4 is 63.8 Å². The molecule has 0 unspecified atom stereocenters. The van der Waals surface area contributed by atoms with Gasteiger partial charge in [-0.25, -0.2) is 0 Å². The van der Waals surface area contributed by atoms with Crippen LogP contribution in [0, 0.1) is 13.8 Å². The van der Waals surface area contributed by atoms with Crippen LogP contribution in [0.2, 0.25) is 10.0 Å². The number of imide groups is 1. The van der Waals surface area contributed by atoms with E-state index in [1.807, 2.05) is 45.0 Å². The fourth-order valence-electron chi connectivity index (χ4n) is 3.76. The average molecular weight is 586 g/mol. The molecule has 4 rings (SSSR count). The van der Waals surface area contributed by atoms with E-state index in [1.54, 1.807) is 36.4 Å². The zero-order valence-electron chi connectivity index (χ0n) is 21.5. The van der Waals surface area contributed by atoms with Crippen LogP contribution in [0.3, 0.4) is 0 Å². The molecule has 1 saturated heterocycles. The lowest BCUT2D eigenvalue weighted by Crippen LogP contribution is -2.36. The Bertz CT molecular complexity index is 1460. The maximum atomic E-state index is 13.0. The van der Waals surface area contributed by atoms with Gasteiger partial charge in [-0.05, 0) is 97.3 Å². The number of hydrogen-bond donors (Lipinski definition) is 1. The molecule has 3 aromatic carbocycles. The minimum Gasteiger partial charge on any atom is -0.490 e. The summed E-state index contributed by atoms with van der Waals surface area (Å²) in [6.45, 7) is 5.96. The van der Waals surface area contributed by atoms with Crippen LogP contribution in [0.1, 0.15) is 29.2 Å². The molecule has 0 aromatic heterocycles. The second kappa shape index (κ2) is 12.6. The van der Waals surface area contributed by atoms with Crippen LogP contribution in [0.15, 0.2) is 59.5 Å². The smallest absolute Gasteiger partial charge is 0.294 e. The molecule has 202 valence electrons. The molecule has 1 heterocycles. The number of halogens is 2. The molecule has 3 aromatic rings. The molecule has 0 aliphatic carbocycles. The Morgan fingerprint density at radius 3 is 2.44 bits per heavy atom. The highest BCUT2D eigenvalue weighted by Crippen LogP contribution is 2.39. The lowest BCUT2D eigenvalue weighted by molar-refractivity contribution is -0.127. The lowest BCUT2D eigenvalue weighted by atomic mass is 10.1. The summed E-state index contributed by atoms with van der Waals surface area (Å²) >= 11 is 13.2. The van der Waals surface area contributed by atoms with Gasteiger partial charge in [-0.2, -0.15) is 0 Å². The van der Waals surface area contributed by atoms with E-state index in [0.717, 1.165) is 33.4 Å². The quantitative estimate of drug-likeness (QED) is 0.266. The normalized spacial score (nSPS) is 14.2. The van der Waals surface area contributed by atoms with Gasteiger partial charge in [0.2, 0.25) is 5.91 Å². The summed E-state index contributed by atoms with van der Waals surface area (Å²) in [4.78, 5) is 39.2. The van der Waals surface area contributed by atoms with Gasteiger partial charge in [0.1, 0.15) is 13.2 Å². The van der Waals surface area contributed by atoms with Crippen LogP contribution in [-0.4, -0.2) is 35.1 Å². The van der Waals surface area contributed by atoms with Crippen LogP contribution in [0.25, 0.3) is 6.08 Å².